The Kier molecular flexibility index (Phi) is 5.86. The van der Waals surface area contributed by atoms with E-state index in [1.165, 1.54) is 0 Å². The summed E-state index contributed by atoms with van der Waals surface area (Å²) in [6.07, 6.45) is 0.823. The monoisotopic (exact) mass is 320 g/mol. The first-order valence-corrected chi connectivity index (χ1v) is 7.72. The average molecular weight is 320 g/mol. The van der Waals surface area contributed by atoms with Crippen molar-refractivity contribution < 1.29 is 9.59 Å². The number of hydrogen-bond donors (Lipinski definition) is 1. The molecule has 8 heteroatoms. The number of likely N-dealkylation sites (N-methyl/N-ethyl adjacent to an activating group) is 1. The van der Waals surface area contributed by atoms with Gasteiger partial charge in [0.25, 0.3) is 5.91 Å². The number of hydrogen-bond acceptors (Lipinski definition) is 6. The lowest BCUT2D eigenvalue weighted by Gasteiger charge is -2.32. The van der Waals surface area contributed by atoms with E-state index in [1.54, 1.807) is 15.9 Å². The number of amides is 2. The quantitative estimate of drug-likeness (QED) is 0.723. The van der Waals surface area contributed by atoms with Crippen LogP contribution in [0.4, 0.5) is 5.95 Å². The smallest absolute Gasteiger partial charge is 0.272 e. The van der Waals surface area contributed by atoms with Gasteiger partial charge in [-0.3, -0.25) is 9.59 Å². The second-order valence-corrected chi connectivity index (χ2v) is 5.88. The molecule has 1 aliphatic rings. The van der Waals surface area contributed by atoms with Crippen molar-refractivity contribution in [2.75, 3.05) is 58.7 Å². The van der Waals surface area contributed by atoms with Gasteiger partial charge in [0.1, 0.15) is 5.69 Å². The van der Waals surface area contributed by atoms with Crippen LogP contribution < -0.4 is 5.32 Å². The highest BCUT2D eigenvalue weighted by Crippen LogP contribution is 2.10. The molecule has 0 aliphatic carbocycles. The first kappa shape index (κ1) is 17.1. The van der Waals surface area contributed by atoms with Gasteiger partial charge >= 0.3 is 0 Å². The summed E-state index contributed by atoms with van der Waals surface area (Å²) >= 11 is 0. The lowest BCUT2D eigenvalue weighted by atomic mass is 10.2. The number of carbonyl (C=O) groups is 2. The van der Waals surface area contributed by atoms with Gasteiger partial charge in [-0.25, -0.2) is 9.97 Å². The zero-order valence-electron chi connectivity index (χ0n) is 13.9. The van der Waals surface area contributed by atoms with Crippen LogP contribution in [0.15, 0.2) is 6.07 Å². The number of nitrogens with zero attached hydrogens (tertiary/aromatic N) is 5. The van der Waals surface area contributed by atoms with Crippen LogP contribution in [0.3, 0.4) is 0 Å². The molecule has 0 atom stereocenters. The minimum Gasteiger partial charge on any atom is -0.353 e. The molecule has 1 aromatic rings. The normalized spacial score (nSPS) is 15.0. The Morgan fingerprint density at radius 1 is 1.30 bits per heavy atom. The fourth-order valence-electron chi connectivity index (χ4n) is 2.34. The van der Waals surface area contributed by atoms with Crippen LogP contribution in [0.25, 0.3) is 0 Å². The number of nitrogens with one attached hydrogen (secondary N) is 1. The Morgan fingerprint density at radius 2 is 2.00 bits per heavy atom. The molecule has 1 fully saturated rings. The van der Waals surface area contributed by atoms with E-state index in [0.29, 0.717) is 44.4 Å². The van der Waals surface area contributed by atoms with Gasteiger partial charge in [0.15, 0.2) is 0 Å². The van der Waals surface area contributed by atoms with Crippen molar-refractivity contribution >= 4 is 18.3 Å². The maximum absolute atomic E-state index is 12.6. The molecule has 1 aromatic heterocycles. The fourth-order valence-corrected chi connectivity index (χ4v) is 2.34. The van der Waals surface area contributed by atoms with Crippen molar-refractivity contribution in [3.05, 3.63) is 17.5 Å². The van der Waals surface area contributed by atoms with Gasteiger partial charge in [-0.2, -0.15) is 0 Å². The van der Waals surface area contributed by atoms with Crippen LogP contribution >= 0.6 is 0 Å². The Morgan fingerprint density at radius 3 is 2.61 bits per heavy atom. The minimum atomic E-state index is -0.114. The summed E-state index contributed by atoms with van der Waals surface area (Å²) in [5.74, 6) is 0.360. The van der Waals surface area contributed by atoms with E-state index in [2.05, 4.69) is 20.2 Å². The third kappa shape index (κ3) is 4.88. The summed E-state index contributed by atoms with van der Waals surface area (Å²) < 4.78 is 0. The Hall–Kier alpha value is -2.22. The first-order chi connectivity index (χ1) is 11.0. The summed E-state index contributed by atoms with van der Waals surface area (Å²) in [5.41, 5.74) is 1.15. The largest absolute Gasteiger partial charge is 0.353 e. The van der Waals surface area contributed by atoms with E-state index in [4.69, 9.17) is 0 Å². The van der Waals surface area contributed by atoms with Crippen LogP contribution in [0, 0.1) is 6.92 Å². The Labute approximate surface area is 136 Å². The molecule has 2 heterocycles. The van der Waals surface area contributed by atoms with Crippen LogP contribution in [0.1, 0.15) is 16.2 Å². The minimum absolute atomic E-state index is 0.114. The van der Waals surface area contributed by atoms with Gasteiger partial charge in [-0.1, -0.05) is 0 Å². The number of anilines is 1. The van der Waals surface area contributed by atoms with Crippen molar-refractivity contribution in [2.24, 2.45) is 0 Å². The van der Waals surface area contributed by atoms with E-state index in [1.807, 2.05) is 21.0 Å². The highest BCUT2D eigenvalue weighted by molar-refractivity contribution is 5.92. The van der Waals surface area contributed by atoms with Crippen molar-refractivity contribution in [1.29, 1.82) is 0 Å². The zero-order valence-corrected chi connectivity index (χ0v) is 13.9. The molecule has 23 heavy (non-hydrogen) atoms. The van der Waals surface area contributed by atoms with Gasteiger partial charge in [0, 0.05) is 45.0 Å². The van der Waals surface area contributed by atoms with Crippen molar-refractivity contribution in [2.45, 2.75) is 6.92 Å². The Balaban J connectivity index is 2.02. The second-order valence-electron chi connectivity index (χ2n) is 5.88. The molecule has 126 valence electrons. The standard InChI is InChI=1S/C15H24N6O2/c1-12-10-13(18-15(17-12)16-4-5-19(2)3)14(23)21-8-6-20(11-22)7-9-21/h10-11H,4-9H2,1-3H3,(H,16,17,18). The van der Waals surface area contributed by atoms with E-state index < -0.39 is 0 Å². The second kappa shape index (κ2) is 7.87. The summed E-state index contributed by atoms with van der Waals surface area (Å²) in [4.78, 5) is 37.4. The molecule has 1 N–H and O–H groups in total. The third-order valence-electron chi connectivity index (χ3n) is 3.67. The van der Waals surface area contributed by atoms with E-state index in [0.717, 1.165) is 18.6 Å². The van der Waals surface area contributed by atoms with Crippen molar-refractivity contribution in [3.63, 3.8) is 0 Å². The zero-order chi connectivity index (χ0) is 16.8. The number of aromatic nitrogens is 2. The van der Waals surface area contributed by atoms with Gasteiger partial charge in [0.05, 0.1) is 0 Å². The Bertz CT molecular complexity index is 555. The predicted molar refractivity (Wildman–Crippen MR) is 87.4 cm³/mol. The van der Waals surface area contributed by atoms with Crippen molar-refractivity contribution in [1.82, 2.24) is 24.7 Å². The molecule has 0 saturated carbocycles. The lowest BCUT2D eigenvalue weighted by Crippen LogP contribution is -2.48. The summed E-state index contributed by atoms with van der Waals surface area (Å²) in [6, 6.07) is 1.70. The molecule has 0 aromatic carbocycles. The molecule has 2 amide bonds. The van der Waals surface area contributed by atoms with Crippen LogP contribution in [0.2, 0.25) is 0 Å². The molecule has 2 rings (SSSR count). The molecular formula is C15H24N6O2. The average Bonchev–Trinajstić information content (AvgIpc) is 2.53. The summed E-state index contributed by atoms with van der Waals surface area (Å²) in [6.45, 7) is 5.60. The van der Waals surface area contributed by atoms with Crippen LogP contribution in [-0.4, -0.2) is 90.3 Å². The van der Waals surface area contributed by atoms with E-state index >= 15 is 0 Å². The summed E-state index contributed by atoms with van der Waals surface area (Å²) in [5, 5.41) is 3.14. The topological polar surface area (TPSA) is 81.7 Å². The maximum Gasteiger partial charge on any atom is 0.272 e. The lowest BCUT2D eigenvalue weighted by molar-refractivity contribution is -0.119. The van der Waals surface area contributed by atoms with Gasteiger partial charge in [-0.05, 0) is 27.1 Å². The number of rotatable bonds is 6. The molecule has 0 bridgehead atoms. The predicted octanol–water partition coefficient (Wildman–Crippen LogP) is -0.327. The van der Waals surface area contributed by atoms with E-state index in [-0.39, 0.29) is 5.91 Å². The SMILES string of the molecule is Cc1cc(C(=O)N2CCN(C=O)CC2)nc(NCCN(C)C)n1. The fraction of sp³-hybridized carbons (Fsp3) is 0.600. The first-order valence-electron chi connectivity index (χ1n) is 7.72. The molecule has 0 radical (unpaired) electrons. The van der Waals surface area contributed by atoms with E-state index in [9.17, 15) is 9.59 Å². The highest BCUT2D eigenvalue weighted by Gasteiger charge is 2.23. The molecule has 8 nitrogen and oxygen atoms in total. The molecule has 1 aliphatic heterocycles. The summed E-state index contributed by atoms with van der Waals surface area (Å²) in [7, 11) is 3.99. The van der Waals surface area contributed by atoms with Gasteiger partial charge < -0.3 is 20.0 Å². The van der Waals surface area contributed by atoms with Gasteiger partial charge in [0.2, 0.25) is 12.4 Å². The molecule has 1 saturated heterocycles. The molecule has 0 spiro atoms. The maximum atomic E-state index is 12.6. The highest BCUT2D eigenvalue weighted by atomic mass is 16.2. The number of piperazine rings is 1. The molecular weight excluding hydrogens is 296 g/mol. The molecule has 0 unspecified atom stereocenters. The van der Waals surface area contributed by atoms with Crippen molar-refractivity contribution in [3.8, 4) is 0 Å². The van der Waals surface area contributed by atoms with Crippen LogP contribution in [-0.2, 0) is 4.79 Å². The number of carbonyl (C=O) groups excluding carboxylic acids is 2. The number of aryl methyl sites for hydroxylation is 1. The van der Waals surface area contributed by atoms with Crippen LogP contribution in [0.5, 0.6) is 0 Å². The van der Waals surface area contributed by atoms with Gasteiger partial charge in [-0.15, -0.1) is 0 Å². The third-order valence-corrected chi connectivity index (χ3v) is 3.67.